The summed E-state index contributed by atoms with van der Waals surface area (Å²) in [6.07, 6.45) is 1.10. The Labute approximate surface area is 150 Å². The first-order chi connectivity index (χ1) is 11.8. The van der Waals surface area contributed by atoms with E-state index < -0.39 is 10.0 Å². The summed E-state index contributed by atoms with van der Waals surface area (Å²) in [7, 11) is -1.99. The Morgan fingerprint density at radius 3 is 2.20 bits per heavy atom. The molecule has 7 heteroatoms. The second kappa shape index (κ2) is 8.19. The second-order valence-electron chi connectivity index (χ2n) is 6.90. The SMILES string of the molecule is COc1ccc(S(=O)(=O)N2CCC(C(=O)N[C@H](C)C(C)C)CC2)cc1. The molecular formula is C18H28N2O4S. The van der Waals surface area contributed by atoms with Crippen molar-refractivity contribution < 1.29 is 17.9 Å². The van der Waals surface area contributed by atoms with E-state index in [1.807, 2.05) is 6.92 Å². The third-order valence-electron chi connectivity index (χ3n) is 4.89. The fraction of sp³-hybridized carbons (Fsp3) is 0.611. The maximum atomic E-state index is 12.7. The molecule has 0 spiro atoms. The molecule has 25 heavy (non-hydrogen) atoms. The van der Waals surface area contributed by atoms with E-state index in [4.69, 9.17) is 4.74 Å². The highest BCUT2D eigenvalue weighted by atomic mass is 32.2. The van der Waals surface area contributed by atoms with Gasteiger partial charge < -0.3 is 10.1 Å². The van der Waals surface area contributed by atoms with Gasteiger partial charge >= 0.3 is 0 Å². The molecule has 1 saturated heterocycles. The van der Waals surface area contributed by atoms with Gasteiger partial charge in [0.15, 0.2) is 0 Å². The van der Waals surface area contributed by atoms with E-state index in [2.05, 4.69) is 19.2 Å². The highest BCUT2D eigenvalue weighted by Gasteiger charge is 2.32. The highest BCUT2D eigenvalue weighted by Crippen LogP contribution is 2.25. The zero-order chi connectivity index (χ0) is 18.6. The zero-order valence-corrected chi connectivity index (χ0v) is 16.2. The van der Waals surface area contributed by atoms with Gasteiger partial charge in [0.1, 0.15) is 5.75 Å². The quantitative estimate of drug-likeness (QED) is 0.836. The first kappa shape index (κ1) is 19.7. The van der Waals surface area contributed by atoms with Crippen LogP contribution in [0.5, 0.6) is 5.75 Å². The summed E-state index contributed by atoms with van der Waals surface area (Å²) in [4.78, 5) is 12.6. The molecule has 1 aliphatic rings. The second-order valence-corrected chi connectivity index (χ2v) is 8.83. The first-order valence-electron chi connectivity index (χ1n) is 8.70. The Morgan fingerprint density at radius 1 is 1.16 bits per heavy atom. The Kier molecular flexibility index (Phi) is 6.46. The van der Waals surface area contributed by atoms with E-state index in [0.29, 0.717) is 37.6 Å². The number of carbonyl (C=O) groups excluding carboxylic acids is 1. The lowest BCUT2D eigenvalue weighted by Crippen LogP contribution is -2.45. The van der Waals surface area contributed by atoms with Crippen molar-refractivity contribution in [2.24, 2.45) is 11.8 Å². The molecule has 1 fully saturated rings. The molecule has 2 rings (SSSR count). The van der Waals surface area contributed by atoms with Crippen LogP contribution >= 0.6 is 0 Å². The molecule has 0 radical (unpaired) electrons. The van der Waals surface area contributed by atoms with Crippen molar-refractivity contribution in [1.82, 2.24) is 9.62 Å². The van der Waals surface area contributed by atoms with Crippen LogP contribution in [0.4, 0.5) is 0 Å². The predicted octanol–water partition coefficient (Wildman–Crippen LogP) is 2.26. The maximum Gasteiger partial charge on any atom is 0.243 e. The van der Waals surface area contributed by atoms with Crippen molar-refractivity contribution in [3.8, 4) is 5.75 Å². The van der Waals surface area contributed by atoms with E-state index in [1.54, 1.807) is 31.4 Å². The van der Waals surface area contributed by atoms with Gasteiger partial charge in [0.25, 0.3) is 0 Å². The van der Waals surface area contributed by atoms with Crippen LogP contribution in [0.25, 0.3) is 0 Å². The van der Waals surface area contributed by atoms with E-state index in [-0.39, 0.29) is 22.8 Å². The Hall–Kier alpha value is -1.60. The van der Waals surface area contributed by atoms with Crippen LogP contribution < -0.4 is 10.1 Å². The number of methoxy groups -OCH3 is 1. The lowest BCUT2D eigenvalue weighted by Gasteiger charge is -2.31. The number of amides is 1. The maximum absolute atomic E-state index is 12.7. The van der Waals surface area contributed by atoms with Gasteiger partial charge in [0, 0.05) is 25.0 Å². The van der Waals surface area contributed by atoms with Gasteiger partial charge in [-0.15, -0.1) is 0 Å². The van der Waals surface area contributed by atoms with Crippen LogP contribution in [0.15, 0.2) is 29.2 Å². The molecule has 140 valence electrons. The zero-order valence-electron chi connectivity index (χ0n) is 15.4. The van der Waals surface area contributed by atoms with Crippen LogP contribution in [0, 0.1) is 11.8 Å². The molecule has 1 atom stereocenters. The van der Waals surface area contributed by atoms with Gasteiger partial charge in [0.2, 0.25) is 15.9 Å². The molecule has 1 heterocycles. The summed E-state index contributed by atoms with van der Waals surface area (Å²) in [5.41, 5.74) is 0. The van der Waals surface area contributed by atoms with Crippen LogP contribution in [-0.2, 0) is 14.8 Å². The van der Waals surface area contributed by atoms with Crippen LogP contribution in [0.2, 0.25) is 0 Å². The summed E-state index contributed by atoms with van der Waals surface area (Å²) >= 11 is 0. The van der Waals surface area contributed by atoms with Crippen LogP contribution in [0.3, 0.4) is 0 Å². The van der Waals surface area contributed by atoms with E-state index in [9.17, 15) is 13.2 Å². The number of hydrogen-bond donors (Lipinski definition) is 1. The summed E-state index contributed by atoms with van der Waals surface area (Å²) in [5, 5.41) is 3.03. The Bertz CT molecular complexity index is 678. The van der Waals surface area contributed by atoms with Gasteiger partial charge in [-0.1, -0.05) is 13.8 Å². The minimum absolute atomic E-state index is 0.0303. The largest absolute Gasteiger partial charge is 0.497 e. The van der Waals surface area contributed by atoms with Crippen molar-refractivity contribution in [1.29, 1.82) is 0 Å². The number of piperidine rings is 1. The molecule has 0 saturated carbocycles. The number of nitrogens with zero attached hydrogens (tertiary/aromatic N) is 1. The summed E-state index contributed by atoms with van der Waals surface area (Å²) in [5.74, 6) is 0.902. The van der Waals surface area contributed by atoms with E-state index >= 15 is 0 Å². The van der Waals surface area contributed by atoms with Crippen molar-refractivity contribution >= 4 is 15.9 Å². The summed E-state index contributed by atoms with van der Waals surface area (Å²) in [6.45, 7) is 6.85. The molecule has 0 bridgehead atoms. The Balaban J connectivity index is 1.97. The number of benzene rings is 1. The first-order valence-corrected chi connectivity index (χ1v) is 10.1. The lowest BCUT2D eigenvalue weighted by molar-refractivity contribution is -0.127. The van der Waals surface area contributed by atoms with Crippen LogP contribution in [0.1, 0.15) is 33.6 Å². The summed E-state index contributed by atoms with van der Waals surface area (Å²) in [6, 6.07) is 6.50. The molecule has 0 unspecified atom stereocenters. The van der Waals surface area contributed by atoms with Crippen LogP contribution in [-0.4, -0.2) is 44.9 Å². The lowest BCUT2D eigenvalue weighted by atomic mass is 9.96. The highest BCUT2D eigenvalue weighted by molar-refractivity contribution is 7.89. The number of sulfonamides is 1. The third-order valence-corrected chi connectivity index (χ3v) is 6.80. The average Bonchev–Trinajstić information content (AvgIpc) is 2.61. The fourth-order valence-corrected chi connectivity index (χ4v) is 4.23. The predicted molar refractivity (Wildman–Crippen MR) is 96.9 cm³/mol. The van der Waals surface area contributed by atoms with E-state index in [0.717, 1.165) is 0 Å². The van der Waals surface area contributed by atoms with E-state index in [1.165, 1.54) is 4.31 Å². The van der Waals surface area contributed by atoms with Crippen molar-refractivity contribution in [2.75, 3.05) is 20.2 Å². The normalized spacial score (nSPS) is 18.1. The summed E-state index contributed by atoms with van der Waals surface area (Å²) < 4.78 is 32.0. The van der Waals surface area contributed by atoms with Crippen molar-refractivity contribution in [2.45, 2.75) is 44.6 Å². The number of hydrogen-bond acceptors (Lipinski definition) is 4. The molecule has 1 aromatic carbocycles. The minimum Gasteiger partial charge on any atom is -0.497 e. The fourth-order valence-electron chi connectivity index (χ4n) is 2.76. The molecule has 1 aliphatic heterocycles. The molecule has 0 aromatic heterocycles. The van der Waals surface area contributed by atoms with Gasteiger partial charge in [-0.2, -0.15) is 4.31 Å². The molecule has 6 nitrogen and oxygen atoms in total. The number of carbonyl (C=O) groups is 1. The monoisotopic (exact) mass is 368 g/mol. The molecule has 1 N–H and O–H groups in total. The van der Waals surface area contributed by atoms with Crippen molar-refractivity contribution in [3.63, 3.8) is 0 Å². The van der Waals surface area contributed by atoms with Gasteiger partial charge in [-0.25, -0.2) is 8.42 Å². The standard InChI is InChI=1S/C18H28N2O4S/c1-13(2)14(3)19-18(21)15-9-11-20(12-10-15)25(22,23)17-7-5-16(24-4)6-8-17/h5-8,13-15H,9-12H2,1-4H3,(H,19,21)/t14-/m1/s1. The Morgan fingerprint density at radius 2 is 1.72 bits per heavy atom. The number of ether oxygens (including phenoxy) is 1. The number of nitrogens with one attached hydrogen (secondary N) is 1. The molecule has 1 aromatic rings. The molecule has 0 aliphatic carbocycles. The molecule has 1 amide bonds. The van der Waals surface area contributed by atoms with Crippen molar-refractivity contribution in [3.05, 3.63) is 24.3 Å². The van der Waals surface area contributed by atoms with Gasteiger partial charge in [0.05, 0.1) is 12.0 Å². The smallest absolute Gasteiger partial charge is 0.243 e. The van der Waals surface area contributed by atoms with Gasteiger partial charge in [-0.3, -0.25) is 4.79 Å². The minimum atomic E-state index is -3.53. The van der Waals surface area contributed by atoms with Gasteiger partial charge in [-0.05, 0) is 49.9 Å². The third kappa shape index (κ3) is 4.73. The molecular weight excluding hydrogens is 340 g/mol. The topological polar surface area (TPSA) is 75.7 Å². The number of rotatable bonds is 6. The average molecular weight is 368 g/mol.